The average Bonchev–Trinajstić information content (AvgIpc) is 2.07. The second-order valence-corrected chi connectivity index (χ2v) is 4.21. The zero-order valence-corrected chi connectivity index (χ0v) is 8.60. The minimum absolute atomic E-state index is 0.693. The average molecular weight is 166 g/mol. The van der Waals surface area contributed by atoms with Crippen LogP contribution < -0.4 is 0 Å². The summed E-state index contributed by atoms with van der Waals surface area (Å²) in [6.45, 7) is 4.63. The molecular formula is C12H22. The van der Waals surface area contributed by atoms with Crippen LogP contribution in [-0.2, 0) is 0 Å². The Morgan fingerprint density at radius 2 is 1.75 bits per heavy atom. The molecule has 0 saturated carbocycles. The van der Waals surface area contributed by atoms with Crippen LogP contribution >= 0.6 is 0 Å². The van der Waals surface area contributed by atoms with Crippen LogP contribution in [0.3, 0.4) is 0 Å². The van der Waals surface area contributed by atoms with Crippen molar-refractivity contribution in [2.24, 2.45) is 5.41 Å². The lowest BCUT2D eigenvalue weighted by atomic mass is 9.71. The van der Waals surface area contributed by atoms with Crippen molar-refractivity contribution in [1.29, 1.82) is 0 Å². The molecule has 0 N–H and O–H groups in total. The molecular weight excluding hydrogens is 144 g/mol. The lowest BCUT2D eigenvalue weighted by molar-refractivity contribution is 0.210. The van der Waals surface area contributed by atoms with E-state index in [4.69, 9.17) is 0 Å². The van der Waals surface area contributed by atoms with E-state index in [9.17, 15) is 0 Å². The van der Waals surface area contributed by atoms with Crippen LogP contribution in [0.5, 0.6) is 0 Å². The van der Waals surface area contributed by atoms with Gasteiger partial charge in [-0.25, -0.2) is 0 Å². The highest BCUT2D eigenvalue weighted by molar-refractivity contribution is 4.97. The topological polar surface area (TPSA) is 0 Å². The summed E-state index contributed by atoms with van der Waals surface area (Å²) in [7, 11) is 0. The third-order valence-electron chi connectivity index (χ3n) is 3.12. The molecule has 1 aliphatic carbocycles. The fourth-order valence-electron chi connectivity index (χ4n) is 2.58. The van der Waals surface area contributed by atoms with Crippen LogP contribution in [-0.4, -0.2) is 0 Å². The van der Waals surface area contributed by atoms with Crippen molar-refractivity contribution in [3.8, 4) is 0 Å². The van der Waals surface area contributed by atoms with Gasteiger partial charge < -0.3 is 0 Å². The van der Waals surface area contributed by atoms with Crippen LogP contribution in [0.25, 0.3) is 0 Å². The molecule has 0 aromatic heterocycles. The largest absolute Gasteiger partial charge is 0.0885 e. The van der Waals surface area contributed by atoms with Gasteiger partial charge in [-0.1, -0.05) is 38.8 Å². The van der Waals surface area contributed by atoms with Crippen molar-refractivity contribution in [3.05, 3.63) is 12.2 Å². The smallest absolute Gasteiger partial charge is 0.0260 e. The van der Waals surface area contributed by atoms with Gasteiger partial charge in [-0.2, -0.15) is 0 Å². The summed E-state index contributed by atoms with van der Waals surface area (Å²) in [4.78, 5) is 0. The molecule has 12 heavy (non-hydrogen) atoms. The van der Waals surface area contributed by atoms with Crippen molar-refractivity contribution in [2.45, 2.75) is 58.8 Å². The van der Waals surface area contributed by atoms with Gasteiger partial charge in [0.25, 0.3) is 0 Å². The standard InChI is InChI=1S/C12H22/c1-3-8-12(9-4-2)10-6-5-7-11-12/h5-6H,3-4,7-11H2,1-2H3. The Hall–Kier alpha value is -0.260. The van der Waals surface area contributed by atoms with Gasteiger partial charge in [0.15, 0.2) is 0 Å². The van der Waals surface area contributed by atoms with Gasteiger partial charge >= 0.3 is 0 Å². The Morgan fingerprint density at radius 3 is 2.17 bits per heavy atom. The summed E-state index contributed by atoms with van der Waals surface area (Å²) in [6, 6.07) is 0. The van der Waals surface area contributed by atoms with Crippen LogP contribution in [0.4, 0.5) is 0 Å². The number of allylic oxidation sites excluding steroid dienone is 2. The molecule has 0 fully saturated rings. The molecule has 0 atom stereocenters. The van der Waals surface area contributed by atoms with E-state index < -0.39 is 0 Å². The van der Waals surface area contributed by atoms with Crippen molar-refractivity contribution < 1.29 is 0 Å². The molecule has 70 valence electrons. The molecule has 0 unspecified atom stereocenters. The van der Waals surface area contributed by atoms with Gasteiger partial charge in [0.2, 0.25) is 0 Å². The van der Waals surface area contributed by atoms with Crippen molar-refractivity contribution in [3.63, 3.8) is 0 Å². The third kappa shape index (κ3) is 2.36. The summed E-state index contributed by atoms with van der Waals surface area (Å²) in [6.07, 6.45) is 14.4. The van der Waals surface area contributed by atoms with Crippen LogP contribution in [0.15, 0.2) is 12.2 Å². The summed E-state index contributed by atoms with van der Waals surface area (Å²) in [5.74, 6) is 0. The molecule has 1 rings (SSSR count). The van der Waals surface area contributed by atoms with E-state index in [0.29, 0.717) is 5.41 Å². The Bertz CT molecular complexity index is 138. The fourth-order valence-corrected chi connectivity index (χ4v) is 2.58. The Balaban J connectivity index is 2.51. The van der Waals surface area contributed by atoms with E-state index in [-0.39, 0.29) is 0 Å². The number of hydrogen-bond donors (Lipinski definition) is 0. The first kappa shape index (κ1) is 9.83. The zero-order valence-electron chi connectivity index (χ0n) is 8.60. The quantitative estimate of drug-likeness (QED) is 0.546. The lowest BCUT2D eigenvalue weighted by Crippen LogP contribution is -2.21. The van der Waals surface area contributed by atoms with Gasteiger partial charge in [-0.3, -0.25) is 0 Å². The molecule has 0 radical (unpaired) electrons. The molecule has 0 aromatic carbocycles. The first-order chi connectivity index (χ1) is 5.83. The van der Waals surface area contributed by atoms with E-state index >= 15 is 0 Å². The van der Waals surface area contributed by atoms with Crippen molar-refractivity contribution in [2.75, 3.05) is 0 Å². The molecule has 0 spiro atoms. The molecule has 0 heteroatoms. The van der Waals surface area contributed by atoms with Crippen LogP contribution in [0, 0.1) is 5.41 Å². The van der Waals surface area contributed by atoms with Gasteiger partial charge in [0.1, 0.15) is 0 Å². The Kier molecular flexibility index (Phi) is 3.84. The maximum Gasteiger partial charge on any atom is -0.0260 e. The van der Waals surface area contributed by atoms with Gasteiger partial charge in [-0.05, 0) is 37.5 Å². The van der Waals surface area contributed by atoms with Crippen LogP contribution in [0.2, 0.25) is 0 Å². The SMILES string of the molecule is CCCC1(CCC)CC=CCC1. The monoisotopic (exact) mass is 166 g/mol. The first-order valence-corrected chi connectivity index (χ1v) is 5.48. The maximum atomic E-state index is 2.40. The first-order valence-electron chi connectivity index (χ1n) is 5.48. The predicted molar refractivity (Wildman–Crippen MR) is 55.2 cm³/mol. The molecule has 0 aromatic rings. The van der Waals surface area contributed by atoms with Crippen molar-refractivity contribution in [1.82, 2.24) is 0 Å². The van der Waals surface area contributed by atoms with E-state index in [1.807, 2.05) is 0 Å². The molecule has 0 saturated heterocycles. The third-order valence-corrected chi connectivity index (χ3v) is 3.12. The van der Waals surface area contributed by atoms with Gasteiger partial charge in [0.05, 0.1) is 0 Å². The zero-order chi connectivity index (χ0) is 8.86. The maximum absolute atomic E-state index is 2.40. The highest BCUT2D eigenvalue weighted by atomic mass is 14.3. The highest BCUT2D eigenvalue weighted by Crippen LogP contribution is 2.41. The lowest BCUT2D eigenvalue weighted by Gasteiger charge is -2.34. The van der Waals surface area contributed by atoms with Crippen molar-refractivity contribution >= 4 is 0 Å². The summed E-state index contributed by atoms with van der Waals surface area (Å²) in [5, 5.41) is 0. The molecule has 0 amide bonds. The van der Waals surface area contributed by atoms with E-state index in [1.54, 1.807) is 0 Å². The Morgan fingerprint density at radius 1 is 1.08 bits per heavy atom. The molecule has 0 nitrogen and oxygen atoms in total. The second kappa shape index (κ2) is 4.69. The minimum Gasteiger partial charge on any atom is -0.0885 e. The predicted octanol–water partition coefficient (Wildman–Crippen LogP) is 4.31. The highest BCUT2D eigenvalue weighted by Gasteiger charge is 2.27. The molecule has 0 heterocycles. The molecule has 1 aliphatic rings. The second-order valence-electron chi connectivity index (χ2n) is 4.21. The fraction of sp³-hybridized carbons (Fsp3) is 0.833. The van der Waals surface area contributed by atoms with E-state index in [2.05, 4.69) is 26.0 Å². The van der Waals surface area contributed by atoms with Gasteiger partial charge in [0, 0.05) is 0 Å². The van der Waals surface area contributed by atoms with Gasteiger partial charge in [-0.15, -0.1) is 0 Å². The summed E-state index contributed by atoms with van der Waals surface area (Å²) in [5.41, 5.74) is 0.693. The van der Waals surface area contributed by atoms with Crippen LogP contribution in [0.1, 0.15) is 58.8 Å². The number of rotatable bonds is 4. The Labute approximate surface area is 77.1 Å². The normalized spacial score (nSPS) is 21.2. The van der Waals surface area contributed by atoms with E-state index in [1.165, 1.54) is 44.9 Å². The molecule has 0 aliphatic heterocycles. The summed E-state index contributed by atoms with van der Waals surface area (Å²) < 4.78 is 0. The molecule has 0 bridgehead atoms. The van der Waals surface area contributed by atoms with E-state index in [0.717, 1.165) is 0 Å². The summed E-state index contributed by atoms with van der Waals surface area (Å²) >= 11 is 0. The minimum atomic E-state index is 0.693. The number of hydrogen-bond acceptors (Lipinski definition) is 0.